The average molecular weight is 442 g/mol. The van der Waals surface area contributed by atoms with Crippen LogP contribution in [0.1, 0.15) is 46.0 Å². The molecule has 0 unspecified atom stereocenters. The minimum absolute atomic E-state index is 0.166. The van der Waals surface area contributed by atoms with E-state index in [1.165, 1.54) is 5.56 Å². The van der Waals surface area contributed by atoms with Gasteiger partial charge in [-0.1, -0.05) is 35.0 Å². The Hall–Kier alpha value is -2.57. The van der Waals surface area contributed by atoms with E-state index in [1.807, 2.05) is 32.0 Å². The number of carbonyl (C=O) groups excluding carboxylic acids is 1. The lowest BCUT2D eigenvalue weighted by molar-refractivity contribution is 0.0934. The van der Waals surface area contributed by atoms with Crippen LogP contribution in [0.25, 0.3) is 11.3 Å². The minimum Gasteiger partial charge on any atom is -0.466 e. The van der Waals surface area contributed by atoms with Crippen LogP contribution in [-0.4, -0.2) is 35.6 Å². The van der Waals surface area contributed by atoms with Gasteiger partial charge in [0, 0.05) is 24.2 Å². The molecule has 0 radical (unpaired) electrons. The Labute approximate surface area is 187 Å². The molecule has 1 fully saturated rings. The Morgan fingerprint density at radius 3 is 2.61 bits per heavy atom. The highest BCUT2D eigenvalue weighted by Crippen LogP contribution is 2.31. The molecule has 2 aromatic heterocycles. The number of carbonyl (C=O) groups is 1. The van der Waals surface area contributed by atoms with Crippen molar-refractivity contribution in [2.24, 2.45) is 5.92 Å². The molecular weight excluding hydrogens is 414 g/mol. The Bertz CT molecular complexity index is 1060. The molecule has 1 N–H and O–H groups in total. The number of nitrogens with one attached hydrogen (secondary N) is 1. The fourth-order valence-corrected chi connectivity index (χ4v) is 4.46. The van der Waals surface area contributed by atoms with Crippen LogP contribution in [0.5, 0.6) is 0 Å². The van der Waals surface area contributed by atoms with Crippen LogP contribution in [0.3, 0.4) is 0 Å². The summed E-state index contributed by atoms with van der Waals surface area (Å²) < 4.78 is 11.0. The second-order valence-electron chi connectivity index (χ2n) is 8.31. The molecule has 0 spiro atoms. The van der Waals surface area contributed by atoms with Crippen molar-refractivity contribution in [3.05, 3.63) is 63.8 Å². The maximum Gasteiger partial charge on any atom is 0.257 e. The monoisotopic (exact) mass is 441 g/mol. The third-order valence-electron chi connectivity index (χ3n) is 6.01. The van der Waals surface area contributed by atoms with Crippen LogP contribution in [0, 0.1) is 26.7 Å². The highest BCUT2D eigenvalue weighted by Gasteiger charge is 2.25. The van der Waals surface area contributed by atoms with Gasteiger partial charge >= 0.3 is 0 Å². The molecule has 6 nitrogen and oxygen atoms in total. The third kappa shape index (κ3) is 4.86. The van der Waals surface area contributed by atoms with Gasteiger partial charge in [0.15, 0.2) is 0 Å². The van der Waals surface area contributed by atoms with Crippen LogP contribution in [-0.2, 0) is 6.54 Å². The highest BCUT2D eigenvalue weighted by molar-refractivity contribution is 6.33. The van der Waals surface area contributed by atoms with Gasteiger partial charge in [-0.15, -0.1) is 0 Å². The maximum absolute atomic E-state index is 12.9. The van der Waals surface area contributed by atoms with E-state index in [0.29, 0.717) is 40.1 Å². The largest absolute Gasteiger partial charge is 0.466 e. The molecule has 0 saturated carbocycles. The normalized spacial score (nSPS) is 15.4. The number of halogens is 1. The van der Waals surface area contributed by atoms with E-state index in [2.05, 4.69) is 21.4 Å². The molecule has 1 aliphatic rings. The summed E-state index contributed by atoms with van der Waals surface area (Å²) >= 11 is 6.30. The van der Waals surface area contributed by atoms with Gasteiger partial charge in [0.25, 0.3) is 5.91 Å². The molecule has 0 atom stereocenters. The van der Waals surface area contributed by atoms with E-state index in [4.69, 9.17) is 20.5 Å². The molecule has 164 valence electrons. The summed E-state index contributed by atoms with van der Waals surface area (Å²) in [6.45, 7) is 9.35. The number of aryl methyl sites for hydroxylation is 3. The number of furan rings is 1. The zero-order chi connectivity index (χ0) is 22.0. The minimum atomic E-state index is -0.166. The first kappa shape index (κ1) is 21.7. The molecule has 0 bridgehead atoms. The lowest BCUT2D eigenvalue weighted by Crippen LogP contribution is -2.38. The van der Waals surface area contributed by atoms with Gasteiger partial charge in [-0.05, 0) is 64.8 Å². The second kappa shape index (κ2) is 9.28. The Morgan fingerprint density at radius 1 is 1.19 bits per heavy atom. The van der Waals surface area contributed by atoms with Crippen LogP contribution in [0.4, 0.5) is 0 Å². The molecule has 31 heavy (non-hydrogen) atoms. The van der Waals surface area contributed by atoms with E-state index in [0.717, 1.165) is 44.0 Å². The number of nitrogens with zero attached hydrogens (tertiary/aromatic N) is 2. The number of rotatable bonds is 6. The van der Waals surface area contributed by atoms with Crippen molar-refractivity contribution >= 4 is 17.5 Å². The molecule has 1 aliphatic heterocycles. The standard InChI is InChI=1S/C24H28ClN3O3/c1-15-12-19(16(2)30-15)14-28-10-8-18(9-11-28)13-26-24(29)22-17(3)31-27-23(22)20-6-4-5-7-21(20)25/h4-7,12,18H,8-11,13-14H2,1-3H3,(H,26,29). The predicted molar refractivity (Wildman–Crippen MR) is 120 cm³/mol. The summed E-state index contributed by atoms with van der Waals surface area (Å²) in [4.78, 5) is 15.4. The first-order valence-corrected chi connectivity index (χ1v) is 11.1. The van der Waals surface area contributed by atoms with Gasteiger partial charge in [0.05, 0.1) is 5.02 Å². The van der Waals surface area contributed by atoms with Crippen molar-refractivity contribution in [3.63, 3.8) is 0 Å². The smallest absolute Gasteiger partial charge is 0.257 e. The Balaban J connectivity index is 1.33. The van der Waals surface area contributed by atoms with Gasteiger partial charge in [-0.2, -0.15) is 0 Å². The number of likely N-dealkylation sites (tertiary alicyclic amines) is 1. The zero-order valence-corrected chi connectivity index (χ0v) is 19.0. The third-order valence-corrected chi connectivity index (χ3v) is 6.34. The first-order chi connectivity index (χ1) is 14.9. The Kier molecular flexibility index (Phi) is 6.49. The van der Waals surface area contributed by atoms with Crippen LogP contribution >= 0.6 is 11.6 Å². The molecule has 0 aliphatic carbocycles. The summed E-state index contributed by atoms with van der Waals surface area (Å²) in [5, 5.41) is 7.72. The summed E-state index contributed by atoms with van der Waals surface area (Å²) in [5.74, 6) is 2.75. The molecule has 4 rings (SSSR count). The number of aromatic nitrogens is 1. The SMILES string of the molecule is Cc1cc(CN2CCC(CNC(=O)c3c(-c4ccccc4Cl)noc3C)CC2)c(C)o1. The molecule has 1 amide bonds. The lowest BCUT2D eigenvalue weighted by Gasteiger charge is -2.31. The quantitative estimate of drug-likeness (QED) is 0.572. The van der Waals surface area contributed by atoms with Gasteiger partial charge in [0.1, 0.15) is 28.5 Å². The summed E-state index contributed by atoms with van der Waals surface area (Å²) in [7, 11) is 0. The summed E-state index contributed by atoms with van der Waals surface area (Å²) in [6, 6.07) is 9.46. The molecule has 1 saturated heterocycles. The van der Waals surface area contributed by atoms with Gasteiger partial charge in [-0.25, -0.2) is 0 Å². The van der Waals surface area contributed by atoms with Crippen molar-refractivity contribution in [1.82, 2.24) is 15.4 Å². The van der Waals surface area contributed by atoms with Crippen LogP contribution < -0.4 is 5.32 Å². The predicted octanol–water partition coefficient (Wildman–Crippen LogP) is 5.16. The zero-order valence-electron chi connectivity index (χ0n) is 18.2. The van der Waals surface area contributed by atoms with E-state index in [-0.39, 0.29) is 5.91 Å². The van der Waals surface area contributed by atoms with Crippen molar-refractivity contribution in [3.8, 4) is 11.3 Å². The van der Waals surface area contributed by atoms with Crippen molar-refractivity contribution in [1.29, 1.82) is 0 Å². The first-order valence-electron chi connectivity index (χ1n) is 10.7. The van der Waals surface area contributed by atoms with E-state index < -0.39 is 0 Å². The fourth-order valence-electron chi connectivity index (χ4n) is 4.23. The van der Waals surface area contributed by atoms with E-state index in [1.54, 1.807) is 13.0 Å². The maximum atomic E-state index is 12.9. The number of benzene rings is 1. The molecule has 3 aromatic rings. The van der Waals surface area contributed by atoms with Gasteiger partial charge in [-0.3, -0.25) is 9.69 Å². The lowest BCUT2D eigenvalue weighted by atomic mass is 9.96. The topological polar surface area (TPSA) is 71.5 Å². The Morgan fingerprint density at radius 2 is 1.94 bits per heavy atom. The number of hydrogen-bond acceptors (Lipinski definition) is 5. The van der Waals surface area contributed by atoms with E-state index in [9.17, 15) is 4.79 Å². The molecule has 7 heteroatoms. The highest BCUT2D eigenvalue weighted by atomic mass is 35.5. The average Bonchev–Trinajstić information content (AvgIpc) is 3.28. The van der Waals surface area contributed by atoms with Crippen molar-refractivity contribution < 1.29 is 13.7 Å². The summed E-state index contributed by atoms with van der Waals surface area (Å²) in [6.07, 6.45) is 2.10. The number of amides is 1. The fraction of sp³-hybridized carbons (Fsp3) is 0.417. The van der Waals surface area contributed by atoms with Crippen LogP contribution in [0.15, 0.2) is 39.3 Å². The second-order valence-corrected chi connectivity index (χ2v) is 8.72. The van der Waals surface area contributed by atoms with Gasteiger partial charge in [0.2, 0.25) is 0 Å². The number of hydrogen-bond donors (Lipinski definition) is 1. The van der Waals surface area contributed by atoms with Crippen molar-refractivity contribution in [2.45, 2.75) is 40.2 Å². The molecule has 1 aromatic carbocycles. The van der Waals surface area contributed by atoms with Gasteiger partial charge < -0.3 is 14.3 Å². The molecule has 3 heterocycles. The van der Waals surface area contributed by atoms with Crippen molar-refractivity contribution in [2.75, 3.05) is 19.6 Å². The van der Waals surface area contributed by atoms with Crippen LogP contribution in [0.2, 0.25) is 5.02 Å². The molecular formula is C24H28ClN3O3. The summed E-state index contributed by atoms with van der Waals surface area (Å²) in [5.41, 5.74) is 2.90. The number of piperidine rings is 1. The van der Waals surface area contributed by atoms with E-state index >= 15 is 0 Å².